The molecule has 2 nitrogen and oxygen atoms in total. The second kappa shape index (κ2) is 4.73. The molecule has 1 aromatic rings. The van der Waals surface area contributed by atoms with Crippen LogP contribution in [0.3, 0.4) is 0 Å². The molecule has 0 saturated heterocycles. The van der Waals surface area contributed by atoms with Gasteiger partial charge in [0.2, 0.25) is 0 Å². The van der Waals surface area contributed by atoms with Crippen LogP contribution in [0.15, 0.2) is 18.2 Å². The Kier molecular flexibility index (Phi) is 3.75. The summed E-state index contributed by atoms with van der Waals surface area (Å²) >= 11 is 0. The number of carbonyl (C=O) groups is 1. The van der Waals surface area contributed by atoms with E-state index in [0.29, 0.717) is 0 Å². The minimum Gasteiger partial charge on any atom is -0.480 e. The second-order valence-corrected chi connectivity index (χ2v) is 3.47. The van der Waals surface area contributed by atoms with Crippen molar-refractivity contribution in [2.45, 2.75) is 26.1 Å². The van der Waals surface area contributed by atoms with Crippen LogP contribution in [-0.2, 0) is 0 Å². The second-order valence-electron chi connectivity index (χ2n) is 3.47. The molecule has 0 aliphatic rings. The maximum absolute atomic E-state index is 13.3. The molecular weight excluding hydrogens is 240 g/mol. The van der Waals surface area contributed by atoms with Crippen LogP contribution < -0.4 is 4.74 Å². The van der Waals surface area contributed by atoms with Crippen molar-refractivity contribution >= 4 is 5.78 Å². The number of halogens is 4. The van der Waals surface area contributed by atoms with Crippen LogP contribution in [0, 0.1) is 5.82 Å². The lowest BCUT2D eigenvalue weighted by Gasteiger charge is -2.19. The molecular formula is C11H10F4O2. The van der Waals surface area contributed by atoms with Crippen LogP contribution in [0.1, 0.15) is 24.2 Å². The first-order valence-corrected chi connectivity index (χ1v) is 4.76. The monoisotopic (exact) mass is 250 g/mol. The summed E-state index contributed by atoms with van der Waals surface area (Å²) in [6.07, 6.45) is -6.68. The summed E-state index contributed by atoms with van der Waals surface area (Å²) in [7, 11) is 0. The van der Waals surface area contributed by atoms with Crippen LogP contribution in [0.25, 0.3) is 0 Å². The Labute approximate surface area is 95.2 Å². The van der Waals surface area contributed by atoms with Crippen molar-refractivity contribution in [3.8, 4) is 5.75 Å². The average molecular weight is 250 g/mol. The normalized spacial score (nSPS) is 13.3. The molecule has 0 fully saturated rings. The third-order valence-corrected chi connectivity index (χ3v) is 2.09. The van der Waals surface area contributed by atoms with Gasteiger partial charge in [0, 0.05) is 0 Å². The molecule has 1 rings (SSSR count). The molecule has 0 aliphatic heterocycles. The van der Waals surface area contributed by atoms with Crippen molar-refractivity contribution in [2.24, 2.45) is 0 Å². The number of alkyl halides is 3. The van der Waals surface area contributed by atoms with Gasteiger partial charge >= 0.3 is 6.18 Å². The van der Waals surface area contributed by atoms with E-state index < -0.39 is 35.2 Å². The fraction of sp³-hybridized carbons (Fsp3) is 0.364. The minimum atomic E-state index is -4.57. The quantitative estimate of drug-likeness (QED) is 0.607. The molecule has 6 heteroatoms. The summed E-state index contributed by atoms with van der Waals surface area (Å²) < 4.78 is 54.6. The van der Waals surface area contributed by atoms with Crippen LogP contribution >= 0.6 is 0 Å². The summed E-state index contributed by atoms with van der Waals surface area (Å²) in [6.45, 7) is 1.85. The predicted molar refractivity (Wildman–Crippen MR) is 52.5 cm³/mol. The SMILES string of the molecule is CC(=O)c1c(F)cccc1OC(C)C(F)(F)F. The predicted octanol–water partition coefficient (Wildman–Crippen LogP) is 3.36. The maximum atomic E-state index is 13.3. The van der Waals surface area contributed by atoms with Crippen molar-refractivity contribution in [1.82, 2.24) is 0 Å². The molecule has 0 N–H and O–H groups in total. The topological polar surface area (TPSA) is 26.3 Å². The molecule has 17 heavy (non-hydrogen) atoms. The van der Waals surface area contributed by atoms with E-state index in [9.17, 15) is 22.4 Å². The highest BCUT2D eigenvalue weighted by atomic mass is 19.4. The van der Waals surface area contributed by atoms with E-state index in [0.717, 1.165) is 26.0 Å². The first-order valence-electron chi connectivity index (χ1n) is 4.76. The molecule has 0 amide bonds. The number of hydrogen-bond acceptors (Lipinski definition) is 2. The zero-order valence-electron chi connectivity index (χ0n) is 9.14. The third-order valence-electron chi connectivity index (χ3n) is 2.09. The van der Waals surface area contributed by atoms with Gasteiger partial charge in [0.1, 0.15) is 11.6 Å². The van der Waals surface area contributed by atoms with Crippen LogP contribution in [0.2, 0.25) is 0 Å². The lowest BCUT2D eigenvalue weighted by molar-refractivity contribution is -0.189. The Morgan fingerprint density at radius 3 is 2.41 bits per heavy atom. The van der Waals surface area contributed by atoms with Crippen LogP contribution in [-0.4, -0.2) is 18.1 Å². The van der Waals surface area contributed by atoms with Gasteiger partial charge in [-0.2, -0.15) is 13.2 Å². The number of hydrogen-bond donors (Lipinski definition) is 0. The summed E-state index contributed by atoms with van der Waals surface area (Å²) in [5.41, 5.74) is -0.469. The van der Waals surface area contributed by atoms with Crippen molar-refractivity contribution in [1.29, 1.82) is 0 Å². The van der Waals surface area contributed by atoms with Gasteiger partial charge < -0.3 is 4.74 Å². The van der Waals surface area contributed by atoms with E-state index in [1.54, 1.807) is 0 Å². The number of ether oxygens (including phenoxy) is 1. The average Bonchev–Trinajstić information content (AvgIpc) is 2.15. The largest absolute Gasteiger partial charge is 0.480 e. The smallest absolute Gasteiger partial charge is 0.425 e. The lowest BCUT2D eigenvalue weighted by Crippen LogP contribution is -2.31. The summed E-state index contributed by atoms with van der Waals surface area (Å²) in [5, 5.41) is 0. The van der Waals surface area contributed by atoms with Crippen molar-refractivity contribution in [3.63, 3.8) is 0 Å². The van der Waals surface area contributed by atoms with Gasteiger partial charge in [0.15, 0.2) is 11.9 Å². The molecule has 94 valence electrons. The highest BCUT2D eigenvalue weighted by molar-refractivity contribution is 5.97. The lowest BCUT2D eigenvalue weighted by atomic mass is 10.1. The standard InChI is InChI=1S/C11H10F4O2/c1-6(16)10-8(12)4-3-5-9(10)17-7(2)11(13,14)15/h3-5,7H,1-2H3. The molecule has 1 unspecified atom stereocenters. The molecule has 1 aromatic carbocycles. The summed E-state index contributed by atoms with van der Waals surface area (Å²) in [4.78, 5) is 11.1. The van der Waals surface area contributed by atoms with E-state index >= 15 is 0 Å². The van der Waals surface area contributed by atoms with Gasteiger partial charge in [0.25, 0.3) is 0 Å². The number of rotatable bonds is 3. The highest BCUT2D eigenvalue weighted by Gasteiger charge is 2.38. The van der Waals surface area contributed by atoms with E-state index in [1.165, 1.54) is 6.07 Å². The van der Waals surface area contributed by atoms with Crippen molar-refractivity contribution in [2.75, 3.05) is 0 Å². The fourth-order valence-corrected chi connectivity index (χ4v) is 1.20. The van der Waals surface area contributed by atoms with Gasteiger partial charge in [-0.3, -0.25) is 4.79 Å². The molecule has 0 heterocycles. The number of Topliss-reactive ketones (excluding diaryl/α,β-unsaturated/α-hetero) is 1. The third kappa shape index (κ3) is 3.18. The molecule has 0 aromatic heterocycles. The Morgan fingerprint density at radius 1 is 1.35 bits per heavy atom. The molecule has 1 atom stereocenters. The van der Waals surface area contributed by atoms with E-state index in [-0.39, 0.29) is 0 Å². The Bertz CT molecular complexity index is 426. The fourth-order valence-electron chi connectivity index (χ4n) is 1.20. The van der Waals surface area contributed by atoms with Crippen LogP contribution in [0.5, 0.6) is 5.75 Å². The van der Waals surface area contributed by atoms with Crippen LogP contribution in [0.4, 0.5) is 17.6 Å². The van der Waals surface area contributed by atoms with Gasteiger partial charge in [0.05, 0.1) is 5.56 Å². The van der Waals surface area contributed by atoms with E-state index in [1.807, 2.05) is 0 Å². The van der Waals surface area contributed by atoms with Crippen molar-refractivity contribution < 1.29 is 27.1 Å². The molecule has 0 aliphatic carbocycles. The number of ketones is 1. The number of carbonyl (C=O) groups excluding carboxylic acids is 1. The molecule has 0 spiro atoms. The van der Waals surface area contributed by atoms with Crippen molar-refractivity contribution in [3.05, 3.63) is 29.6 Å². The first kappa shape index (κ1) is 13.5. The van der Waals surface area contributed by atoms with E-state index in [2.05, 4.69) is 4.74 Å². The zero-order chi connectivity index (χ0) is 13.2. The number of benzene rings is 1. The summed E-state index contributed by atoms with van der Waals surface area (Å²) in [6, 6.07) is 3.30. The Balaban J connectivity index is 3.07. The van der Waals surface area contributed by atoms with Gasteiger partial charge in [-0.05, 0) is 26.0 Å². The zero-order valence-corrected chi connectivity index (χ0v) is 9.14. The minimum absolute atomic E-state index is 0.401. The molecule has 0 saturated carbocycles. The maximum Gasteiger partial charge on any atom is 0.425 e. The first-order chi connectivity index (χ1) is 7.73. The highest BCUT2D eigenvalue weighted by Crippen LogP contribution is 2.28. The van der Waals surface area contributed by atoms with Gasteiger partial charge in [-0.1, -0.05) is 6.07 Å². The Hall–Kier alpha value is -1.59. The molecule has 0 radical (unpaired) electrons. The Morgan fingerprint density at radius 2 is 1.94 bits per heavy atom. The van der Waals surface area contributed by atoms with Gasteiger partial charge in [-0.15, -0.1) is 0 Å². The van der Waals surface area contributed by atoms with Gasteiger partial charge in [-0.25, -0.2) is 4.39 Å². The summed E-state index contributed by atoms with van der Waals surface area (Å²) in [5.74, 6) is -1.99. The molecule has 0 bridgehead atoms. The van der Waals surface area contributed by atoms with E-state index in [4.69, 9.17) is 0 Å².